The second-order valence-electron chi connectivity index (χ2n) is 5.64. The van der Waals surface area contributed by atoms with Crippen molar-refractivity contribution >= 4 is 12.0 Å². The summed E-state index contributed by atoms with van der Waals surface area (Å²) in [5.41, 5.74) is -1.14. The molecule has 1 aromatic heterocycles. The minimum atomic E-state index is -1.14. The van der Waals surface area contributed by atoms with Crippen molar-refractivity contribution in [3.63, 3.8) is 0 Å². The Kier molecular flexibility index (Phi) is 4.77. The number of carboxylic acids is 1. The highest BCUT2D eigenvalue weighted by Gasteiger charge is 2.43. The summed E-state index contributed by atoms with van der Waals surface area (Å²) in [5.74, 6) is -0.661. The van der Waals surface area contributed by atoms with Crippen LogP contribution in [0.4, 0.5) is 4.79 Å². The Morgan fingerprint density at radius 3 is 2.95 bits per heavy atom. The second kappa shape index (κ2) is 6.55. The van der Waals surface area contributed by atoms with Crippen molar-refractivity contribution in [2.24, 2.45) is 5.92 Å². The lowest BCUT2D eigenvalue weighted by Gasteiger charge is -2.36. The third-order valence-electron chi connectivity index (χ3n) is 3.86. The van der Waals surface area contributed by atoms with Gasteiger partial charge in [0.05, 0.1) is 12.7 Å². The molecule has 1 aliphatic rings. The van der Waals surface area contributed by atoms with Gasteiger partial charge in [-0.15, -0.1) is 5.10 Å². The molecule has 0 spiro atoms. The van der Waals surface area contributed by atoms with E-state index in [0.29, 0.717) is 31.8 Å². The smallest absolute Gasteiger partial charge is 0.329 e. The van der Waals surface area contributed by atoms with E-state index in [1.165, 1.54) is 0 Å². The summed E-state index contributed by atoms with van der Waals surface area (Å²) in [4.78, 5) is 23.5. The molecule has 8 nitrogen and oxygen atoms in total. The summed E-state index contributed by atoms with van der Waals surface area (Å²) in [7, 11) is 0. The van der Waals surface area contributed by atoms with Gasteiger partial charge in [0, 0.05) is 12.7 Å². The van der Waals surface area contributed by atoms with E-state index in [9.17, 15) is 14.7 Å². The average molecular weight is 295 g/mol. The zero-order valence-corrected chi connectivity index (χ0v) is 12.1. The maximum absolute atomic E-state index is 11.9. The number of rotatable bonds is 5. The number of nitrogens with one attached hydrogen (secondary N) is 2. The van der Waals surface area contributed by atoms with Crippen LogP contribution >= 0.6 is 0 Å². The van der Waals surface area contributed by atoms with Gasteiger partial charge < -0.3 is 15.7 Å². The monoisotopic (exact) mass is 295 g/mol. The quantitative estimate of drug-likeness (QED) is 0.737. The van der Waals surface area contributed by atoms with Crippen LogP contribution in [0.5, 0.6) is 0 Å². The van der Waals surface area contributed by atoms with Crippen LogP contribution in [0.25, 0.3) is 0 Å². The van der Waals surface area contributed by atoms with Crippen LogP contribution in [0, 0.1) is 5.92 Å². The molecule has 1 saturated carbocycles. The van der Waals surface area contributed by atoms with Gasteiger partial charge in [-0.3, -0.25) is 4.68 Å². The molecule has 0 saturated heterocycles. The number of hydrogen-bond acceptors (Lipinski definition) is 4. The van der Waals surface area contributed by atoms with Gasteiger partial charge in [-0.25, -0.2) is 9.59 Å². The van der Waals surface area contributed by atoms with Crippen molar-refractivity contribution in [1.29, 1.82) is 0 Å². The molecule has 2 rings (SSSR count). The summed E-state index contributed by atoms with van der Waals surface area (Å²) in [6.45, 7) is 2.87. The molecule has 8 heteroatoms. The minimum Gasteiger partial charge on any atom is -0.480 e. The molecule has 1 heterocycles. The first-order valence-electron chi connectivity index (χ1n) is 7.15. The second-order valence-corrected chi connectivity index (χ2v) is 5.64. The molecule has 0 aliphatic heterocycles. The third kappa shape index (κ3) is 3.93. The summed E-state index contributed by atoms with van der Waals surface area (Å²) < 4.78 is 1.59. The third-order valence-corrected chi connectivity index (χ3v) is 3.86. The number of aliphatic carboxylic acids is 1. The Hall–Kier alpha value is -2.12. The van der Waals surface area contributed by atoms with Gasteiger partial charge in [0.25, 0.3) is 0 Å². The van der Waals surface area contributed by atoms with E-state index in [1.54, 1.807) is 17.1 Å². The van der Waals surface area contributed by atoms with Crippen molar-refractivity contribution in [1.82, 2.24) is 25.6 Å². The molecule has 116 valence electrons. The van der Waals surface area contributed by atoms with Crippen LogP contribution < -0.4 is 10.6 Å². The molecule has 1 aromatic rings. The Bertz CT molecular complexity index is 490. The Labute approximate surface area is 122 Å². The number of urea groups is 1. The summed E-state index contributed by atoms with van der Waals surface area (Å²) in [6, 6.07) is -0.452. The van der Waals surface area contributed by atoms with Gasteiger partial charge in [0.2, 0.25) is 0 Å². The fourth-order valence-corrected chi connectivity index (χ4v) is 2.81. The van der Waals surface area contributed by atoms with E-state index in [0.717, 1.165) is 12.8 Å². The number of carboxylic acid groups (broad SMARTS) is 1. The molecule has 1 fully saturated rings. The van der Waals surface area contributed by atoms with E-state index in [2.05, 4.69) is 20.9 Å². The van der Waals surface area contributed by atoms with Gasteiger partial charge in [-0.1, -0.05) is 25.0 Å². The molecular weight excluding hydrogens is 274 g/mol. The fourth-order valence-electron chi connectivity index (χ4n) is 2.81. The number of hydrogen-bond donors (Lipinski definition) is 3. The van der Waals surface area contributed by atoms with Crippen LogP contribution in [0.1, 0.15) is 32.6 Å². The molecule has 0 bridgehead atoms. The number of amides is 2. The summed E-state index contributed by atoms with van der Waals surface area (Å²) >= 11 is 0. The first kappa shape index (κ1) is 15.3. The van der Waals surface area contributed by atoms with Gasteiger partial charge in [-0.05, 0) is 18.8 Å². The molecule has 0 radical (unpaired) electrons. The van der Waals surface area contributed by atoms with Gasteiger partial charge >= 0.3 is 12.0 Å². The van der Waals surface area contributed by atoms with Crippen molar-refractivity contribution in [3.8, 4) is 0 Å². The Balaban J connectivity index is 1.85. The predicted molar refractivity (Wildman–Crippen MR) is 74.6 cm³/mol. The maximum Gasteiger partial charge on any atom is 0.329 e. The van der Waals surface area contributed by atoms with Crippen molar-refractivity contribution < 1.29 is 14.7 Å². The molecule has 0 aromatic carbocycles. The number of carbonyl (C=O) groups excluding carboxylic acids is 1. The minimum absolute atomic E-state index is 0.297. The lowest BCUT2D eigenvalue weighted by atomic mass is 9.76. The highest BCUT2D eigenvalue weighted by Crippen LogP contribution is 2.32. The topological polar surface area (TPSA) is 109 Å². The Morgan fingerprint density at radius 1 is 1.52 bits per heavy atom. The number of carbonyl (C=O) groups is 2. The van der Waals surface area contributed by atoms with E-state index in [1.807, 2.05) is 6.92 Å². The Morgan fingerprint density at radius 2 is 2.33 bits per heavy atom. The lowest BCUT2D eigenvalue weighted by Crippen LogP contribution is -2.59. The standard InChI is InChI=1S/C13H21N5O3/c1-10-3-2-4-13(9-10,11(19)20)16-12(21)14-5-7-18-8-6-15-17-18/h6,8,10H,2-5,7,9H2,1H3,(H,19,20)(H2,14,16,21). The molecule has 2 atom stereocenters. The van der Waals surface area contributed by atoms with Crippen LogP contribution in [-0.2, 0) is 11.3 Å². The van der Waals surface area contributed by atoms with E-state index in [-0.39, 0.29) is 0 Å². The molecule has 1 aliphatic carbocycles. The molecule has 2 amide bonds. The first-order chi connectivity index (χ1) is 10.0. The highest BCUT2D eigenvalue weighted by molar-refractivity contribution is 5.86. The van der Waals surface area contributed by atoms with Gasteiger partial charge in [-0.2, -0.15) is 0 Å². The zero-order chi connectivity index (χ0) is 15.3. The van der Waals surface area contributed by atoms with E-state index < -0.39 is 17.5 Å². The number of nitrogens with zero attached hydrogens (tertiary/aromatic N) is 3. The van der Waals surface area contributed by atoms with Crippen molar-refractivity contribution in [2.45, 2.75) is 44.7 Å². The van der Waals surface area contributed by atoms with Crippen LogP contribution in [0.3, 0.4) is 0 Å². The summed E-state index contributed by atoms with van der Waals surface area (Å²) in [6.07, 6.45) is 6.02. The number of aromatic nitrogens is 3. The van der Waals surface area contributed by atoms with Crippen LogP contribution in [0.2, 0.25) is 0 Å². The van der Waals surface area contributed by atoms with Gasteiger partial charge in [0.1, 0.15) is 5.54 Å². The van der Waals surface area contributed by atoms with Crippen LogP contribution in [-0.4, -0.2) is 44.2 Å². The predicted octanol–water partition coefficient (Wildman–Crippen LogP) is 0.611. The normalized spacial score (nSPS) is 25.3. The zero-order valence-electron chi connectivity index (χ0n) is 12.1. The lowest BCUT2D eigenvalue weighted by molar-refractivity contribution is -0.146. The van der Waals surface area contributed by atoms with Crippen molar-refractivity contribution in [3.05, 3.63) is 12.4 Å². The SMILES string of the molecule is CC1CCCC(NC(=O)NCCn2ccnn2)(C(=O)O)C1. The maximum atomic E-state index is 11.9. The summed E-state index contributed by atoms with van der Waals surface area (Å²) in [5, 5.41) is 22.2. The average Bonchev–Trinajstić information content (AvgIpc) is 2.91. The largest absolute Gasteiger partial charge is 0.480 e. The molecule has 21 heavy (non-hydrogen) atoms. The molecule has 2 unspecified atom stereocenters. The van der Waals surface area contributed by atoms with E-state index in [4.69, 9.17) is 0 Å². The van der Waals surface area contributed by atoms with Crippen molar-refractivity contribution in [2.75, 3.05) is 6.54 Å². The van der Waals surface area contributed by atoms with Gasteiger partial charge in [0.15, 0.2) is 0 Å². The molecular formula is C13H21N5O3. The molecule has 3 N–H and O–H groups in total. The van der Waals surface area contributed by atoms with E-state index >= 15 is 0 Å². The fraction of sp³-hybridized carbons (Fsp3) is 0.692. The highest BCUT2D eigenvalue weighted by atomic mass is 16.4. The first-order valence-corrected chi connectivity index (χ1v) is 7.15. The van der Waals surface area contributed by atoms with Crippen LogP contribution in [0.15, 0.2) is 12.4 Å².